The fourth-order valence-corrected chi connectivity index (χ4v) is 4.27. The lowest BCUT2D eigenvalue weighted by molar-refractivity contribution is -0.121. The summed E-state index contributed by atoms with van der Waals surface area (Å²) in [5.41, 5.74) is 2.96. The van der Waals surface area contributed by atoms with E-state index in [9.17, 15) is 13.2 Å². The molecule has 0 saturated heterocycles. The summed E-state index contributed by atoms with van der Waals surface area (Å²) in [5.74, 6) is -0.373. The van der Waals surface area contributed by atoms with Crippen molar-refractivity contribution in [3.05, 3.63) is 102 Å². The maximum atomic E-state index is 12.8. The van der Waals surface area contributed by atoms with Crippen LogP contribution in [-0.4, -0.2) is 32.2 Å². The highest BCUT2D eigenvalue weighted by molar-refractivity contribution is 7.89. The lowest BCUT2D eigenvalue weighted by Gasteiger charge is -2.22. The highest BCUT2D eigenvalue weighted by Crippen LogP contribution is 2.23. The Morgan fingerprint density at radius 3 is 2.10 bits per heavy atom. The van der Waals surface area contributed by atoms with Crippen molar-refractivity contribution in [3.63, 3.8) is 0 Å². The van der Waals surface area contributed by atoms with Crippen molar-refractivity contribution in [1.29, 1.82) is 0 Å². The molecule has 0 aromatic heterocycles. The number of likely N-dealkylation sites (N-methyl/N-ethyl adjacent to an activating group) is 1. The van der Waals surface area contributed by atoms with Gasteiger partial charge in [0.05, 0.1) is 17.5 Å². The summed E-state index contributed by atoms with van der Waals surface area (Å²) in [6.45, 7) is 1.72. The van der Waals surface area contributed by atoms with Gasteiger partial charge in [0.15, 0.2) is 0 Å². The summed E-state index contributed by atoms with van der Waals surface area (Å²) in [4.78, 5) is 12.9. The van der Waals surface area contributed by atoms with Gasteiger partial charge in [-0.1, -0.05) is 78.4 Å². The monoisotopic (exact) mass is 408 g/mol. The number of aryl methyl sites for hydroxylation is 1. The van der Waals surface area contributed by atoms with Crippen LogP contribution in [0.4, 0.5) is 0 Å². The summed E-state index contributed by atoms with van der Waals surface area (Å²) >= 11 is 0. The zero-order chi connectivity index (χ0) is 20.9. The summed E-state index contributed by atoms with van der Waals surface area (Å²) in [6.07, 6.45) is 0. The van der Waals surface area contributed by atoms with Gasteiger partial charge in [0, 0.05) is 7.05 Å². The van der Waals surface area contributed by atoms with E-state index >= 15 is 0 Å². The molecule has 0 bridgehead atoms. The van der Waals surface area contributed by atoms with E-state index in [2.05, 4.69) is 5.32 Å². The zero-order valence-corrected chi connectivity index (χ0v) is 17.3. The van der Waals surface area contributed by atoms with Crippen molar-refractivity contribution >= 4 is 15.9 Å². The lowest BCUT2D eigenvalue weighted by Crippen LogP contribution is -2.40. The van der Waals surface area contributed by atoms with E-state index in [4.69, 9.17) is 0 Å². The number of sulfonamides is 1. The Balaban J connectivity index is 1.80. The number of amides is 1. The molecule has 3 rings (SSSR count). The smallest absolute Gasteiger partial charge is 0.243 e. The first-order valence-corrected chi connectivity index (χ1v) is 10.7. The van der Waals surface area contributed by atoms with Crippen molar-refractivity contribution < 1.29 is 13.2 Å². The normalized spacial score (nSPS) is 12.5. The Bertz CT molecular complexity index is 1070. The average molecular weight is 409 g/mol. The molecule has 0 aliphatic carbocycles. The van der Waals surface area contributed by atoms with Crippen LogP contribution in [0.1, 0.15) is 22.7 Å². The topological polar surface area (TPSA) is 66.5 Å². The SMILES string of the molecule is Cc1cccc([C@H](NC(=O)CN(C)S(=O)(=O)c2ccccc2)c2ccccc2)c1. The largest absolute Gasteiger partial charge is 0.344 e. The molecule has 150 valence electrons. The number of nitrogens with one attached hydrogen (secondary N) is 1. The first-order chi connectivity index (χ1) is 13.9. The maximum absolute atomic E-state index is 12.8. The van der Waals surface area contributed by atoms with E-state index in [0.717, 1.165) is 21.0 Å². The third-order valence-corrected chi connectivity index (χ3v) is 6.45. The number of carbonyl (C=O) groups excluding carboxylic acids is 1. The van der Waals surface area contributed by atoms with Crippen molar-refractivity contribution in [3.8, 4) is 0 Å². The molecule has 0 heterocycles. The van der Waals surface area contributed by atoms with Gasteiger partial charge in [-0.25, -0.2) is 8.42 Å². The van der Waals surface area contributed by atoms with Crippen LogP contribution in [0, 0.1) is 6.92 Å². The Kier molecular flexibility index (Phi) is 6.46. The van der Waals surface area contributed by atoms with Gasteiger partial charge in [0.1, 0.15) is 0 Å². The van der Waals surface area contributed by atoms with E-state index in [1.165, 1.54) is 19.2 Å². The lowest BCUT2D eigenvalue weighted by atomic mass is 9.97. The Hall–Kier alpha value is -2.96. The van der Waals surface area contributed by atoms with Gasteiger partial charge in [-0.15, -0.1) is 0 Å². The first-order valence-electron chi connectivity index (χ1n) is 9.30. The predicted octanol–water partition coefficient (Wildman–Crippen LogP) is 3.52. The summed E-state index contributed by atoms with van der Waals surface area (Å²) in [6, 6.07) is 25.3. The van der Waals surface area contributed by atoms with Gasteiger partial charge in [-0.2, -0.15) is 4.31 Å². The molecule has 3 aromatic rings. The van der Waals surface area contributed by atoms with Crippen LogP contribution < -0.4 is 5.32 Å². The molecule has 1 N–H and O–H groups in total. The molecule has 0 radical (unpaired) electrons. The second kappa shape index (κ2) is 9.03. The molecule has 0 aliphatic rings. The molecular formula is C23H24N2O3S. The van der Waals surface area contributed by atoms with E-state index in [1.807, 2.05) is 61.5 Å². The second-order valence-corrected chi connectivity index (χ2v) is 8.94. The Labute approximate surface area is 172 Å². The highest BCUT2D eigenvalue weighted by Gasteiger charge is 2.24. The van der Waals surface area contributed by atoms with Gasteiger partial charge in [0.25, 0.3) is 0 Å². The standard InChI is InChI=1S/C23H24N2O3S/c1-18-10-9-13-20(16-18)23(19-11-5-3-6-12-19)24-22(26)17-25(2)29(27,28)21-14-7-4-8-15-21/h3-16,23H,17H2,1-2H3,(H,24,26)/t23-/m1/s1. The minimum atomic E-state index is -3.73. The molecule has 0 spiro atoms. The molecule has 0 unspecified atom stereocenters. The van der Waals surface area contributed by atoms with E-state index < -0.39 is 10.0 Å². The molecule has 0 fully saturated rings. The third kappa shape index (κ3) is 5.10. The Morgan fingerprint density at radius 2 is 1.48 bits per heavy atom. The van der Waals surface area contributed by atoms with Gasteiger partial charge in [-0.05, 0) is 30.2 Å². The number of carbonyl (C=O) groups is 1. The van der Waals surface area contributed by atoms with Crippen LogP contribution in [0.15, 0.2) is 89.8 Å². The maximum Gasteiger partial charge on any atom is 0.243 e. The molecule has 5 nitrogen and oxygen atoms in total. The number of hydrogen-bond donors (Lipinski definition) is 1. The number of nitrogens with zero attached hydrogens (tertiary/aromatic N) is 1. The highest BCUT2D eigenvalue weighted by atomic mass is 32.2. The summed E-state index contributed by atoms with van der Waals surface area (Å²) in [5, 5.41) is 2.99. The number of hydrogen-bond acceptors (Lipinski definition) is 3. The molecule has 1 amide bonds. The predicted molar refractivity (Wildman–Crippen MR) is 114 cm³/mol. The van der Waals surface area contributed by atoms with Crippen LogP contribution in [-0.2, 0) is 14.8 Å². The number of rotatable bonds is 7. The van der Waals surface area contributed by atoms with Gasteiger partial charge in [0.2, 0.25) is 15.9 Å². The first kappa shape index (κ1) is 20.8. The van der Waals surface area contributed by atoms with Crippen LogP contribution in [0.2, 0.25) is 0 Å². The summed E-state index contributed by atoms with van der Waals surface area (Å²) in [7, 11) is -2.32. The van der Waals surface area contributed by atoms with Gasteiger partial charge < -0.3 is 5.32 Å². The van der Waals surface area contributed by atoms with Crippen molar-refractivity contribution in [2.75, 3.05) is 13.6 Å². The fourth-order valence-electron chi connectivity index (χ4n) is 3.12. The van der Waals surface area contributed by atoms with E-state index in [-0.39, 0.29) is 23.4 Å². The van der Waals surface area contributed by atoms with E-state index in [0.29, 0.717) is 0 Å². The van der Waals surface area contributed by atoms with Gasteiger partial charge >= 0.3 is 0 Å². The molecule has 29 heavy (non-hydrogen) atoms. The van der Waals surface area contributed by atoms with E-state index in [1.54, 1.807) is 18.2 Å². The van der Waals surface area contributed by atoms with Crippen LogP contribution in [0.3, 0.4) is 0 Å². The van der Waals surface area contributed by atoms with Crippen molar-refractivity contribution in [2.24, 2.45) is 0 Å². The fraction of sp³-hybridized carbons (Fsp3) is 0.174. The molecule has 1 atom stereocenters. The summed E-state index contributed by atoms with van der Waals surface area (Å²) < 4.78 is 26.4. The molecule has 0 saturated carbocycles. The number of benzene rings is 3. The second-order valence-electron chi connectivity index (χ2n) is 6.90. The third-order valence-electron chi connectivity index (χ3n) is 4.63. The average Bonchev–Trinajstić information content (AvgIpc) is 2.73. The minimum absolute atomic E-state index is 0.161. The molecule has 6 heteroatoms. The minimum Gasteiger partial charge on any atom is -0.344 e. The van der Waals surface area contributed by atoms with Crippen LogP contribution in [0.25, 0.3) is 0 Å². The van der Waals surface area contributed by atoms with Crippen LogP contribution in [0.5, 0.6) is 0 Å². The molecular weight excluding hydrogens is 384 g/mol. The Morgan fingerprint density at radius 1 is 0.897 bits per heavy atom. The zero-order valence-electron chi connectivity index (χ0n) is 16.4. The van der Waals surface area contributed by atoms with Gasteiger partial charge in [-0.3, -0.25) is 4.79 Å². The molecule has 3 aromatic carbocycles. The quantitative estimate of drug-likeness (QED) is 0.650. The van der Waals surface area contributed by atoms with Crippen molar-refractivity contribution in [1.82, 2.24) is 9.62 Å². The van der Waals surface area contributed by atoms with Crippen LogP contribution >= 0.6 is 0 Å². The molecule has 0 aliphatic heterocycles. The van der Waals surface area contributed by atoms with Crippen molar-refractivity contribution in [2.45, 2.75) is 17.9 Å².